The third kappa shape index (κ3) is 2.58. The van der Waals surface area contributed by atoms with Gasteiger partial charge in [0.2, 0.25) is 5.95 Å². The molecule has 0 aromatic carbocycles. The monoisotopic (exact) mass is 263 g/mol. The van der Waals surface area contributed by atoms with Crippen LogP contribution in [0.25, 0.3) is 0 Å². The van der Waals surface area contributed by atoms with E-state index in [4.69, 9.17) is 9.47 Å². The molecule has 2 heterocycles. The van der Waals surface area contributed by atoms with Gasteiger partial charge in [0.05, 0.1) is 13.2 Å². The molecule has 3 rings (SSSR count). The predicted molar refractivity (Wildman–Crippen MR) is 72.1 cm³/mol. The number of ether oxygens (including phenoxy) is 2. The van der Waals surface area contributed by atoms with Crippen LogP contribution in [0.1, 0.15) is 31.4 Å². The van der Waals surface area contributed by atoms with Crippen molar-refractivity contribution < 1.29 is 9.47 Å². The first-order valence-corrected chi connectivity index (χ1v) is 6.99. The van der Waals surface area contributed by atoms with Crippen LogP contribution >= 0.6 is 0 Å². The maximum atomic E-state index is 5.76. The van der Waals surface area contributed by atoms with E-state index < -0.39 is 0 Å². The summed E-state index contributed by atoms with van der Waals surface area (Å²) in [6.45, 7) is 3.47. The van der Waals surface area contributed by atoms with Crippen LogP contribution in [0.5, 0.6) is 0 Å². The molecule has 1 aliphatic carbocycles. The first-order valence-electron chi connectivity index (χ1n) is 6.99. The van der Waals surface area contributed by atoms with E-state index in [1.165, 1.54) is 0 Å². The number of hydrogen-bond acceptors (Lipinski definition) is 5. The van der Waals surface area contributed by atoms with E-state index in [2.05, 4.69) is 21.9 Å². The van der Waals surface area contributed by atoms with E-state index in [0.717, 1.165) is 50.5 Å². The lowest BCUT2D eigenvalue weighted by molar-refractivity contribution is -0.178. The topological polar surface area (TPSA) is 47.5 Å². The number of aryl methyl sites for hydroxylation is 1. The van der Waals surface area contributed by atoms with Crippen molar-refractivity contribution >= 4 is 5.95 Å². The van der Waals surface area contributed by atoms with Gasteiger partial charge in [-0.05, 0) is 25.8 Å². The van der Waals surface area contributed by atoms with E-state index in [-0.39, 0.29) is 5.79 Å². The Hall–Kier alpha value is -1.20. The molecule has 5 nitrogen and oxygen atoms in total. The summed E-state index contributed by atoms with van der Waals surface area (Å²) in [6.07, 6.45) is 5.88. The number of nitrogens with zero attached hydrogens (tertiary/aromatic N) is 3. The maximum Gasteiger partial charge on any atom is 0.225 e. The van der Waals surface area contributed by atoms with Crippen LogP contribution in [-0.2, 0) is 9.47 Å². The molecule has 1 spiro atoms. The molecule has 1 saturated carbocycles. The lowest BCUT2D eigenvalue weighted by Crippen LogP contribution is -2.43. The van der Waals surface area contributed by atoms with Crippen LogP contribution in [0.2, 0.25) is 0 Å². The molecule has 1 aliphatic heterocycles. The number of hydrogen-bond donors (Lipinski definition) is 0. The summed E-state index contributed by atoms with van der Waals surface area (Å²) in [4.78, 5) is 11.0. The van der Waals surface area contributed by atoms with Gasteiger partial charge in [0, 0.05) is 37.8 Å². The number of aromatic nitrogens is 2. The minimum Gasteiger partial charge on any atom is -0.348 e. The Morgan fingerprint density at radius 2 is 1.95 bits per heavy atom. The van der Waals surface area contributed by atoms with Crippen LogP contribution in [0, 0.1) is 6.92 Å². The molecule has 2 aliphatic rings. The highest BCUT2D eigenvalue weighted by Gasteiger charge is 2.41. The fraction of sp³-hybridized carbons (Fsp3) is 0.714. The fourth-order valence-electron chi connectivity index (χ4n) is 2.98. The number of anilines is 1. The zero-order chi connectivity index (χ0) is 13.3. The smallest absolute Gasteiger partial charge is 0.225 e. The van der Waals surface area contributed by atoms with Crippen molar-refractivity contribution in [2.75, 3.05) is 25.2 Å². The molecular formula is C14H21N3O2. The molecule has 5 heteroatoms. The van der Waals surface area contributed by atoms with Gasteiger partial charge in [0.25, 0.3) is 0 Å². The second-order valence-electron chi connectivity index (χ2n) is 5.45. The van der Waals surface area contributed by atoms with Gasteiger partial charge in [-0.25, -0.2) is 9.97 Å². The minimum absolute atomic E-state index is 0.287. The summed E-state index contributed by atoms with van der Waals surface area (Å²) >= 11 is 0. The summed E-state index contributed by atoms with van der Waals surface area (Å²) in [5.74, 6) is 0.527. The van der Waals surface area contributed by atoms with Gasteiger partial charge >= 0.3 is 0 Å². The molecule has 2 fully saturated rings. The average Bonchev–Trinajstić information content (AvgIpc) is 2.87. The summed E-state index contributed by atoms with van der Waals surface area (Å²) in [5.41, 5.74) is 1.01. The van der Waals surface area contributed by atoms with E-state index in [1.54, 1.807) is 0 Å². The normalized spacial score (nSPS) is 22.8. The van der Waals surface area contributed by atoms with Gasteiger partial charge in [-0.2, -0.15) is 0 Å². The van der Waals surface area contributed by atoms with Crippen molar-refractivity contribution in [3.8, 4) is 0 Å². The largest absolute Gasteiger partial charge is 0.348 e. The van der Waals surface area contributed by atoms with Crippen LogP contribution < -0.4 is 4.90 Å². The Kier molecular flexibility index (Phi) is 3.41. The second-order valence-corrected chi connectivity index (χ2v) is 5.45. The summed E-state index contributed by atoms with van der Waals surface area (Å²) in [7, 11) is 2.08. The Balaban J connectivity index is 1.64. The van der Waals surface area contributed by atoms with Crippen molar-refractivity contribution in [2.24, 2.45) is 0 Å². The van der Waals surface area contributed by atoms with Crippen LogP contribution in [0.15, 0.2) is 12.3 Å². The highest BCUT2D eigenvalue weighted by atomic mass is 16.7. The van der Waals surface area contributed by atoms with Crippen LogP contribution in [0.3, 0.4) is 0 Å². The van der Waals surface area contributed by atoms with Gasteiger partial charge < -0.3 is 14.4 Å². The zero-order valence-electron chi connectivity index (χ0n) is 11.6. The molecular weight excluding hydrogens is 242 g/mol. The molecule has 1 aromatic rings. The number of rotatable bonds is 2. The third-order valence-corrected chi connectivity index (χ3v) is 4.18. The molecule has 0 bridgehead atoms. The molecule has 0 atom stereocenters. The van der Waals surface area contributed by atoms with E-state index >= 15 is 0 Å². The van der Waals surface area contributed by atoms with Crippen molar-refractivity contribution in [1.82, 2.24) is 9.97 Å². The summed E-state index contributed by atoms with van der Waals surface area (Å²) in [5, 5.41) is 0. The molecule has 0 unspecified atom stereocenters. The molecule has 104 valence electrons. The lowest BCUT2D eigenvalue weighted by Gasteiger charge is -2.39. The standard InChI is InChI=1S/C14H21N3O2/c1-11-5-8-15-13(16-11)17(2)12-3-6-14(7-4-12)18-9-10-19-14/h5,8,12H,3-4,6-7,9-10H2,1-2H3. The van der Waals surface area contributed by atoms with E-state index in [1.807, 2.05) is 19.2 Å². The van der Waals surface area contributed by atoms with Crippen LogP contribution in [0.4, 0.5) is 5.95 Å². The summed E-state index contributed by atoms with van der Waals surface area (Å²) < 4.78 is 11.5. The van der Waals surface area contributed by atoms with E-state index in [0.29, 0.717) is 6.04 Å². The first-order chi connectivity index (χ1) is 9.19. The lowest BCUT2D eigenvalue weighted by atomic mass is 9.89. The molecule has 1 aromatic heterocycles. The SMILES string of the molecule is Cc1ccnc(N(C)C2CCC3(CC2)OCCO3)n1. The Morgan fingerprint density at radius 3 is 2.58 bits per heavy atom. The first kappa shape index (κ1) is 12.8. The zero-order valence-corrected chi connectivity index (χ0v) is 11.6. The second kappa shape index (κ2) is 5.06. The summed E-state index contributed by atoms with van der Waals surface area (Å²) in [6, 6.07) is 2.40. The van der Waals surface area contributed by atoms with Crippen molar-refractivity contribution in [1.29, 1.82) is 0 Å². The fourth-order valence-corrected chi connectivity index (χ4v) is 2.98. The Bertz CT molecular complexity index is 436. The minimum atomic E-state index is -0.287. The van der Waals surface area contributed by atoms with Crippen molar-refractivity contribution in [3.63, 3.8) is 0 Å². The van der Waals surface area contributed by atoms with Gasteiger partial charge in [-0.3, -0.25) is 0 Å². The Labute approximate surface area is 113 Å². The Morgan fingerprint density at radius 1 is 1.26 bits per heavy atom. The third-order valence-electron chi connectivity index (χ3n) is 4.18. The van der Waals surface area contributed by atoms with Crippen LogP contribution in [-0.4, -0.2) is 42.1 Å². The molecule has 0 radical (unpaired) electrons. The quantitative estimate of drug-likeness (QED) is 0.815. The highest BCUT2D eigenvalue weighted by Crippen LogP contribution is 2.37. The van der Waals surface area contributed by atoms with E-state index in [9.17, 15) is 0 Å². The maximum absolute atomic E-state index is 5.76. The van der Waals surface area contributed by atoms with Crippen molar-refractivity contribution in [3.05, 3.63) is 18.0 Å². The van der Waals surface area contributed by atoms with Gasteiger partial charge in [-0.15, -0.1) is 0 Å². The van der Waals surface area contributed by atoms with Crippen molar-refractivity contribution in [2.45, 2.75) is 44.4 Å². The molecule has 19 heavy (non-hydrogen) atoms. The molecule has 1 saturated heterocycles. The molecule has 0 N–H and O–H groups in total. The predicted octanol–water partition coefficient (Wildman–Crippen LogP) is 1.91. The van der Waals surface area contributed by atoms with Gasteiger partial charge in [0.1, 0.15) is 0 Å². The average molecular weight is 263 g/mol. The van der Waals surface area contributed by atoms with Gasteiger partial charge in [-0.1, -0.05) is 0 Å². The van der Waals surface area contributed by atoms with Gasteiger partial charge in [0.15, 0.2) is 5.79 Å². The molecule has 0 amide bonds. The highest BCUT2D eigenvalue weighted by molar-refractivity contribution is 5.30.